The van der Waals surface area contributed by atoms with E-state index in [1.54, 1.807) is 25.1 Å². The molecule has 2 atom stereocenters. The minimum atomic E-state index is -1.26. The Morgan fingerprint density at radius 2 is 2.00 bits per heavy atom. The van der Waals surface area contributed by atoms with Crippen LogP contribution in [0, 0.1) is 0 Å². The lowest BCUT2D eigenvalue weighted by atomic mass is 9.87. The molecule has 1 aromatic rings. The Bertz CT molecular complexity index is 534. The Morgan fingerprint density at radius 1 is 1.37 bits per heavy atom. The van der Waals surface area contributed by atoms with Crippen molar-refractivity contribution < 1.29 is 24.2 Å². The van der Waals surface area contributed by atoms with Gasteiger partial charge in [-0.05, 0) is 6.42 Å². The first kappa shape index (κ1) is 13.4. The van der Waals surface area contributed by atoms with Crippen LogP contribution < -0.4 is 0 Å². The third kappa shape index (κ3) is 2.56. The number of aliphatic hydroxyl groups excluding tert-OH is 1. The van der Waals surface area contributed by atoms with Gasteiger partial charge in [-0.2, -0.15) is 0 Å². The molecule has 5 heteroatoms. The first-order valence-electron chi connectivity index (χ1n) is 6.09. The normalized spacial score (nSPS) is 19.8. The van der Waals surface area contributed by atoms with Crippen LogP contribution in [0.15, 0.2) is 24.3 Å². The van der Waals surface area contributed by atoms with Crippen molar-refractivity contribution in [1.82, 2.24) is 0 Å². The molecule has 0 aromatic heterocycles. The highest BCUT2D eigenvalue weighted by Gasteiger charge is 2.35. The smallest absolute Gasteiger partial charge is 0.335 e. The van der Waals surface area contributed by atoms with Gasteiger partial charge in [0.25, 0.3) is 0 Å². The van der Waals surface area contributed by atoms with Gasteiger partial charge in [-0.3, -0.25) is 9.59 Å². The molecule has 0 saturated carbocycles. The zero-order valence-corrected chi connectivity index (χ0v) is 10.5. The molecule has 0 spiro atoms. The average molecular weight is 262 g/mol. The zero-order chi connectivity index (χ0) is 14.0. The molecule has 2 unspecified atom stereocenters. The molecular weight excluding hydrogens is 248 g/mol. The van der Waals surface area contributed by atoms with Crippen molar-refractivity contribution >= 4 is 17.5 Å². The molecule has 0 amide bonds. The topological polar surface area (TPSA) is 80.7 Å². The van der Waals surface area contributed by atoms with Crippen LogP contribution >= 0.6 is 0 Å². The predicted molar refractivity (Wildman–Crippen MR) is 65.9 cm³/mol. The fraction of sp³-hybridized carbons (Fsp3) is 0.357. The summed E-state index contributed by atoms with van der Waals surface area (Å²) in [7, 11) is 0. The number of hydrogen-bond donors (Lipinski definition) is 1. The van der Waals surface area contributed by atoms with E-state index in [2.05, 4.69) is 0 Å². The Hall–Kier alpha value is -2.01. The lowest BCUT2D eigenvalue weighted by molar-refractivity contribution is -0.156. The van der Waals surface area contributed by atoms with Crippen molar-refractivity contribution in [2.75, 3.05) is 0 Å². The molecule has 100 valence electrons. The van der Waals surface area contributed by atoms with Crippen LogP contribution in [0.25, 0.3) is 0 Å². The van der Waals surface area contributed by atoms with E-state index in [-0.39, 0.29) is 24.2 Å². The zero-order valence-electron chi connectivity index (χ0n) is 10.5. The van der Waals surface area contributed by atoms with E-state index < -0.39 is 24.0 Å². The number of benzene rings is 1. The van der Waals surface area contributed by atoms with Crippen LogP contribution in [-0.4, -0.2) is 34.9 Å². The maximum absolute atomic E-state index is 12.1. The standard InChI is InChI=1S/C14H14O5/c1-2-10(15)14(18)19-12-7-11(16)8-5-3-4-6-9(8)13(12)17/h3-6,10,12,15H,2,7H2,1H3. The molecule has 2 rings (SSSR count). The van der Waals surface area contributed by atoms with Gasteiger partial charge in [0.05, 0.1) is 6.42 Å². The van der Waals surface area contributed by atoms with Crippen LogP contribution in [0.1, 0.15) is 40.5 Å². The van der Waals surface area contributed by atoms with Gasteiger partial charge in [0.2, 0.25) is 5.78 Å². The molecule has 0 saturated heterocycles. The summed E-state index contributed by atoms with van der Waals surface area (Å²) in [6, 6.07) is 6.44. The van der Waals surface area contributed by atoms with E-state index in [0.29, 0.717) is 5.56 Å². The largest absolute Gasteiger partial charge is 0.452 e. The molecule has 5 nitrogen and oxygen atoms in total. The summed E-state index contributed by atoms with van der Waals surface area (Å²) in [5.41, 5.74) is 0.623. The third-order valence-corrected chi connectivity index (χ3v) is 3.07. The van der Waals surface area contributed by atoms with Crippen LogP contribution in [0.3, 0.4) is 0 Å². The predicted octanol–water partition coefficient (Wildman–Crippen LogP) is 1.14. The second-order valence-corrected chi connectivity index (χ2v) is 4.39. The van der Waals surface area contributed by atoms with E-state index in [9.17, 15) is 19.5 Å². The van der Waals surface area contributed by atoms with Gasteiger partial charge >= 0.3 is 5.97 Å². The summed E-state index contributed by atoms with van der Waals surface area (Å²) in [4.78, 5) is 35.4. The molecule has 0 heterocycles. The molecule has 0 aliphatic heterocycles. The third-order valence-electron chi connectivity index (χ3n) is 3.07. The Kier molecular flexibility index (Phi) is 3.76. The van der Waals surface area contributed by atoms with E-state index >= 15 is 0 Å². The van der Waals surface area contributed by atoms with Crippen molar-refractivity contribution in [3.63, 3.8) is 0 Å². The minimum Gasteiger partial charge on any atom is -0.452 e. The Morgan fingerprint density at radius 3 is 2.63 bits per heavy atom. The maximum atomic E-state index is 12.1. The lowest BCUT2D eigenvalue weighted by Crippen LogP contribution is -2.37. The molecule has 1 aromatic carbocycles. The van der Waals surface area contributed by atoms with Gasteiger partial charge in [-0.1, -0.05) is 31.2 Å². The van der Waals surface area contributed by atoms with Gasteiger partial charge in [-0.25, -0.2) is 4.79 Å². The second kappa shape index (κ2) is 5.32. The number of carbonyl (C=O) groups excluding carboxylic acids is 3. The molecular formula is C14H14O5. The fourth-order valence-corrected chi connectivity index (χ4v) is 1.97. The number of aliphatic hydroxyl groups is 1. The molecule has 1 aliphatic carbocycles. The van der Waals surface area contributed by atoms with Crippen molar-refractivity contribution in [2.24, 2.45) is 0 Å². The van der Waals surface area contributed by atoms with Gasteiger partial charge in [0.1, 0.15) is 0 Å². The second-order valence-electron chi connectivity index (χ2n) is 4.39. The number of Topliss-reactive ketones (excluding diaryl/α,β-unsaturated/α-hetero) is 2. The Balaban J connectivity index is 2.21. The lowest BCUT2D eigenvalue weighted by Gasteiger charge is -2.23. The highest BCUT2D eigenvalue weighted by atomic mass is 16.6. The van der Waals surface area contributed by atoms with Gasteiger partial charge < -0.3 is 9.84 Å². The molecule has 0 bridgehead atoms. The van der Waals surface area contributed by atoms with E-state index in [4.69, 9.17) is 4.74 Å². The summed E-state index contributed by atoms with van der Waals surface area (Å²) in [5, 5.41) is 9.33. The Labute approximate surface area is 110 Å². The fourth-order valence-electron chi connectivity index (χ4n) is 1.97. The number of ether oxygens (including phenoxy) is 1. The van der Waals surface area contributed by atoms with Gasteiger partial charge in [0, 0.05) is 11.1 Å². The summed E-state index contributed by atoms with van der Waals surface area (Å²) >= 11 is 0. The molecule has 0 fully saturated rings. The number of fused-ring (bicyclic) bond motifs is 1. The van der Waals surface area contributed by atoms with Crippen LogP contribution in [0.5, 0.6) is 0 Å². The monoisotopic (exact) mass is 262 g/mol. The van der Waals surface area contributed by atoms with Crippen LogP contribution in [-0.2, 0) is 9.53 Å². The quantitative estimate of drug-likeness (QED) is 0.826. The molecule has 0 radical (unpaired) electrons. The average Bonchev–Trinajstić information content (AvgIpc) is 2.43. The molecule has 1 aliphatic rings. The van der Waals surface area contributed by atoms with Gasteiger partial charge in [0.15, 0.2) is 18.0 Å². The summed E-state index contributed by atoms with van der Waals surface area (Å²) < 4.78 is 4.92. The molecule has 19 heavy (non-hydrogen) atoms. The van der Waals surface area contributed by atoms with E-state index in [1.807, 2.05) is 0 Å². The summed E-state index contributed by atoms with van der Waals surface area (Å²) in [5.74, 6) is -1.50. The number of rotatable bonds is 3. The van der Waals surface area contributed by atoms with E-state index in [1.165, 1.54) is 6.07 Å². The SMILES string of the molecule is CCC(O)C(=O)OC1CC(=O)c2ccccc2C1=O. The summed E-state index contributed by atoms with van der Waals surface area (Å²) in [6.45, 7) is 1.62. The first-order valence-corrected chi connectivity index (χ1v) is 6.09. The number of esters is 1. The van der Waals surface area contributed by atoms with Crippen molar-refractivity contribution in [1.29, 1.82) is 0 Å². The maximum Gasteiger partial charge on any atom is 0.335 e. The number of hydrogen-bond acceptors (Lipinski definition) is 5. The van der Waals surface area contributed by atoms with Gasteiger partial charge in [-0.15, -0.1) is 0 Å². The van der Waals surface area contributed by atoms with Crippen LogP contribution in [0.4, 0.5) is 0 Å². The van der Waals surface area contributed by atoms with E-state index in [0.717, 1.165) is 0 Å². The van der Waals surface area contributed by atoms with Crippen LogP contribution in [0.2, 0.25) is 0 Å². The number of carbonyl (C=O) groups is 3. The van der Waals surface area contributed by atoms with Crippen molar-refractivity contribution in [3.8, 4) is 0 Å². The highest BCUT2D eigenvalue weighted by molar-refractivity contribution is 6.16. The molecule has 1 N–H and O–H groups in total. The minimum absolute atomic E-state index is 0.169. The number of ketones is 2. The van der Waals surface area contributed by atoms with Crippen molar-refractivity contribution in [3.05, 3.63) is 35.4 Å². The highest BCUT2D eigenvalue weighted by Crippen LogP contribution is 2.23. The van der Waals surface area contributed by atoms with Crippen molar-refractivity contribution in [2.45, 2.75) is 32.0 Å². The summed E-state index contributed by atoms with van der Waals surface area (Å²) in [6.07, 6.45) is -2.36. The first-order chi connectivity index (χ1) is 9.04.